The van der Waals surface area contributed by atoms with E-state index in [1.165, 1.54) is 11.8 Å². The summed E-state index contributed by atoms with van der Waals surface area (Å²) in [5, 5.41) is 6.11. The standard InChI is InChI=1S/C29H31FN4O5/c1-18(35)24-16-33(25-10-9-22(14-23(24)25)39-29(38)32-21-7-8-21)17-27(36)34-15-20(30)13-26(34)28(37)31-12-11-19-5-3-2-4-6-19/h2-6,9-10,14,16,20-21,26H,7-8,11-13,15,17H2,1H3,(H,31,37)(H,32,38)/t20-,26+/m1/s1. The molecule has 2 N–H and O–H groups in total. The van der Waals surface area contributed by atoms with Gasteiger partial charge in [-0.2, -0.15) is 0 Å². The van der Waals surface area contributed by atoms with Crippen molar-refractivity contribution >= 4 is 34.6 Å². The Balaban J connectivity index is 1.28. The van der Waals surface area contributed by atoms with Gasteiger partial charge < -0.3 is 24.8 Å². The molecule has 2 aliphatic rings. The second-order valence-corrected chi connectivity index (χ2v) is 10.1. The van der Waals surface area contributed by atoms with Crippen molar-refractivity contribution < 1.29 is 28.3 Å². The monoisotopic (exact) mass is 534 g/mol. The highest BCUT2D eigenvalue weighted by Gasteiger charge is 2.39. The molecule has 2 aromatic carbocycles. The molecule has 2 fully saturated rings. The Morgan fingerprint density at radius 2 is 1.85 bits per heavy atom. The molecule has 3 aromatic rings. The number of fused-ring (bicyclic) bond motifs is 1. The van der Waals surface area contributed by atoms with E-state index in [9.17, 15) is 23.6 Å². The molecular formula is C29H31FN4O5. The van der Waals surface area contributed by atoms with Crippen LogP contribution in [0.3, 0.4) is 0 Å². The molecule has 1 saturated heterocycles. The van der Waals surface area contributed by atoms with E-state index in [1.54, 1.807) is 29.0 Å². The van der Waals surface area contributed by atoms with Gasteiger partial charge in [0.2, 0.25) is 11.8 Å². The zero-order chi connectivity index (χ0) is 27.5. The molecule has 39 heavy (non-hydrogen) atoms. The van der Waals surface area contributed by atoms with Gasteiger partial charge in [0.1, 0.15) is 24.5 Å². The lowest BCUT2D eigenvalue weighted by Gasteiger charge is -2.24. The minimum absolute atomic E-state index is 0.0579. The molecule has 3 amide bonds. The van der Waals surface area contributed by atoms with Gasteiger partial charge in [0.25, 0.3) is 0 Å². The van der Waals surface area contributed by atoms with E-state index in [1.807, 2.05) is 30.3 Å². The third-order valence-electron chi connectivity index (χ3n) is 7.08. The van der Waals surface area contributed by atoms with Crippen molar-refractivity contribution in [2.75, 3.05) is 13.1 Å². The molecule has 0 radical (unpaired) electrons. The topological polar surface area (TPSA) is 110 Å². The van der Waals surface area contributed by atoms with Gasteiger partial charge in [-0.1, -0.05) is 30.3 Å². The van der Waals surface area contributed by atoms with Crippen LogP contribution in [0.1, 0.15) is 42.1 Å². The van der Waals surface area contributed by atoms with Crippen LogP contribution in [0, 0.1) is 0 Å². The first kappa shape index (κ1) is 26.4. The van der Waals surface area contributed by atoms with Crippen molar-refractivity contribution in [2.45, 2.75) is 57.4 Å². The summed E-state index contributed by atoms with van der Waals surface area (Å²) in [6.07, 6.45) is 2.14. The minimum Gasteiger partial charge on any atom is -0.410 e. The van der Waals surface area contributed by atoms with Crippen molar-refractivity contribution in [3.8, 4) is 5.75 Å². The summed E-state index contributed by atoms with van der Waals surface area (Å²) in [5.41, 5.74) is 2.02. The van der Waals surface area contributed by atoms with Crippen molar-refractivity contribution in [3.63, 3.8) is 0 Å². The number of ketones is 1. The van der Waals surface area contributed by atoms with Crippen LogP contribution in [0.15, 0.2) is 54.7 Å². The number of carbonyl (C=O) groups is 4. The van der Waals surface area contributed by atoms with Crippen molar-refractivity contribution in [1.29, 1.82) is 0 Å². The van der Waals surface area contributed by atoms with E-state index < -0.39 is 24.2 Å². The zero-order valence-electron chi connectivity index (χ0n) is 21.7. The van der Waals surface area contributed by atoms with E-state index in [0.29, 0.717) is 29.4 Å². The molecule has 0 spiro atoms. The second-order valence-electron chi connectivity index (χ2n) is 10.1. The molecule has 9 nitrogen and oxygen atoms in total. The molecule has 0 bridgehead atoms. The molecule has 204 valence electrons. The number of alkyl halides is 1. The summed E-state index contributed by atoms with van der Waals surface area (Å²) in [7, 11) is 0. The summed E-state index contributed by atoms with van der Waals surface area (Å²) >= 11 is 0. The lowest BCUT2D eigenvalue weighted by molar-refractivity contribution is -0.138. The van der Waals surface area contributed by atoms with Crippen LogP contribution in [0.5, 0.6) is 5.75 Å². The van der Waals surface area contributed by atoms with Crippen LogP contribution < -0.4 is 15.4 Å². The molecule has 1 aliphatic carbocycles. The number of hydrogen-bond donors (Lipinski definition) is 2. The fourth-order valence-corrected chi connectivity index (χ4v) is 4.92. The fraction of sp³-hybridized carbons (Fsp3) is 0.379. The van der Waals surface area contributed by atoms with Crippen molar-refractivity contribution in [2.24, 2.45) is 0 Å². The van der Waals surface area contributed by atoms with Gasteiger partial charge in [-0.15, -0.1) is 0 Å². The van der Waals surface area contributed by atoms with E-state index in [0.717, 1.165) is 18.4 Å². The van der Waals surface area contributed by atoms with Gasteiger partial charge in [-0.25, -0.2) is 9.18 Å². The number of halogens is 1. The average Bonchev–Trinajstić information content (AvgIpc) is 3.51. The SMILES string of the molecule is CC(=O)c1cn(CC(=O)N2C[C@H](F)C[C@H]2C(=O)NCCc2ccccc2)c2ccc(OC(=O)NC3CC3)cc12. The van der Waals surface area contributed by atoms with E-state index in [4.69, 9.17) is 4.74 Å². The average molecular weight is 535 g/mol. The van der Waals surface area contributed by atoms with Crippen LogP contribution in [-0.4, -0.2) is 64.5 Å². The van der Waals surface area contributed by atoms with Crippen LogP contribution in [0.25, 0.3) is 10.9 Å². The number of aromatic nitrogens is 1. The highest BCUT2D eigenvalue weighted by Crippen LogP contribution is 2.28. The van der Waals surface area contributed by atoms with Crippen LogP contribution in [-0.2, 0) is 22.6 Å². The smallest absolute Gasteiger partial charge is 0.410 e. The second kappa shape index (κ2) is 11.3. The van der Waals surface area contributed by atoms with E-state index in [-0.39, 0.29) is 43.0 Å². The van der Waals surface area contributed by atoms with E-state index in [2.05, 4.69) is 10.6 Å². The van der Waals surface area contributed by atoms with Crippen LogP contribution in [0.4, 0.5) is 9.18 Å². The lowest BCUT2D eigenvalue weighted by atomic mass is 10.1. The van der Waals surface area contributed by atoms with Crippen molar-refractivity contribution in [3.05, 3.63) is 65.9 Å². The van der Waals surface area contributed by atoms with Gasteiger partial charge in [0.05, 0.1) is 6.54 Å². The number of nitrogens with one attached hydrogen (secondary N) is 2. The van der Waals surface area contributed by atoms with Gasteiger partial charge in [0.15, 0.2) is 5.78 Å². The Kier molecular flexibility index (Phi) is 7.63. The number of hydrogen-bond acceptors (Lipinski definition) is 5. The molecule has 10 heteroatoms. The summed E-state index contributed by atoms with van der Waals surface area (Å²) in [4.78, 5) is 51.9. The third-order valence-corrected chi connectivity index (χ3v) is 7.08. The maximum absolute atomic E-state index is 14.4. The maximum atomic E-state index is 14.4. The largest absolute Gasteiger partial charge is 0.412 e. The Morgan fingerprint density at radius 3 is 2.56 bits per heavy atom. The van der Waals surface area contributed by atoms with Gasteiger partial charge in [0, 0.05) is 41.7 Å². The fourth-order valence-electron chi connectivity index (χ4n) is 4.92. The summed E-state index contributed by atoms with van der Waals surface area (Å²) in [6.45, 7) is 1.46. The number of rotatable bonds is 9. The van der Waals surface area contributed by atoms with E-state index >= 15 is 0 Å². The number of amides is 3. The summed E-state index contributed by atoms with van der Waals surface area (Å²) < 4.78 is 21.4. The molecule has 2 atom stereocenters. The first-order valence-electron chi connectivity index (χ1n) is 13.2. The predicted octanol–water partition coefficient (Wildman–Crippen LogP) is 3.39. The highest BCUT2D eigenvalue weighted by molar-refractivity contribution is 6.07. The first-order valence-corrected chi connectivity index (χ1v) is 13.2. The van der Waals surface area contributed by atoms with Gasteiger partial charge in [-0.3, -0.25) is 14.4 Å². The Morgan fingerprint density at radius 1 is 1.08 bits per heavy atom. The molecular weight excluding hydrogens is 503 g/mol. The minimum atomic E-state index is -1.30. The quantitative estimate of drug-likeness (QED) is 0.409. The summed E-state index contributed by atoms with van der Waals surface area (Å²) in [6, 6.07) is 13.8. The van der Waals surface area contributed by atoms with Gasteiger partial charge in [-0.05, 0) is 49.9 Å². The van der Waals surface area contributed by atoms with Gasteiger partial charge >= 0.3 is 6.09 Å². The zero-order valence-corrected chi connectivity index (χ0v) is 21.7. The molecule has 0 unspecified atom stereocenters. The normalized spacial score (nSPS) is 18.7. The third kappa shape index (κ3) is 6.27. The number of nitrogens with zero attached hydrogens (tertiary/aromatic N) is 2. The number of carbonyl (C=O) groups excluding carboxylic acids is 4. The molecule has 1 aliphatic heterocycles. The van der Waals surface area contributed by atoms with Crippen molar-refractivity contribution in [1.82, 2.24) is 20.1 Å². The number of benzene rings is 2. The number of ether oxygens (including phenoxy) is 1. The molecule has 1 aromatic heterocycles. The highest BCUT2D eigenvalue weighted by atomic mass is 19.1. The molecule has 5 rings (SSSR count). The predicted molar refractivity (Wildman–Crippen MR) is 142 cm³/mol. The number of Topliss-reactive ketones (excluding diaryl/α,β-unsaturated/α-hetero) is 1. The Hall–Kier alpha value is -4.21. The van der Waals surface area contributed by atoms with Crippen LogP contribution >= 0.6 is 0 Å². The number of likely N-dealkylation sites (tertiary alicyclic amines) is 1. The first-order chi connectivity index (χ1) is 18.8. The Bertz CT molecular complexity index is 1400. The summed E-state index contributed by atoms with van der Waals surface area (Å²) in [5.74, 6) is -0.743. The van der Waals surface area contributed by atoms with Crippen LogP contribution in [0.2, 0.25) is 0 Å². The lowest BCUT2D eigenvalue weighted by Crippen LogP contribution is -2.47. The Labute approximate surface area is 225 Å². The maximum Gasteiger partial charge on any atom is 0.412 e. The molecule has 2 heterocycles. The molecule has 1 saturated carbocycles.